The van der Waals surface area contributed by atoms with Gasteiger partial charge >= 0.3 is 5.97 Å². The Kier molecular flexibility index (Phi) is 3.95. The van der Waals surface area contributed by atoms with Gasteiger partial charge in [-0.25, -0.2) is 4.79 Å². The zero-order chi connectivity index (χ0) is 15.7. The molecule has 9 heteroatoms. The lowest BCUT2D eigenvalue weighted by Crippen LogP contribution is -2.07. The van der Waals surface area contributed by atoms with E-state index in [1.165, 1.54) is 16.0 Å². The number of thiophene rings is 1. The van der Waals surface area contributed by atoms with Gasteiger partial charge in [-0.1, -0.05) is 16.8 Å². The van der Waals surface area contributed by atoms with Gasteiger partial charge < -0.3 is 9.26 Å². The number of esters is 1. The second-order valence-electron chi connectivity index (χ2n) is 4.48. The van der Waals surface area contributed by atoms with Crippen molar-refractivity contribution in [1.82, 2.24) is 19.9 Å². The summed E-state index contributed by atoms with van der Waals surface area (Å²) in [6, 6.07) is 1.87. The molecule has 3 aromatic rings. The van der Waals surface area contributed by atoms with Crippen LogP contribution in [-0.2, 0) is 18.4 Å². The highest BCUT2D eigenvalue weighted by molar-refractivity contribution is 7.08. The van der Waals surface area contributed by atoms with Crippen LogP contribution in [0.15, 0.2) is 21.3 Å². The van der Waals surface area contributed by atoms with E-state index in [9.17, 15) is 4.79 Å². The molecule has 22 heavy (non-hydrogen) atoms. The molecule has 0 aliphatic rings. The van der Waals surface area contributed by atoms with Crippen LogP contribution in [0, 0.1) is 6.92 Å². The van der Waals surface area contributed by atoms with Gasteiger partial charge in [0.1, 0.15) is 10.7 Å². The van der Waals surface area contributed by atoms with Crippen molar-refractivity contribution in [3.63, 3.8) is 0 Å². The first-order valence-corrected chi connectivity index (χ1v) is 7.59. The summed E-state index contributed by atoms with van der Waals surface area (Å²) in [5.41, 5.74) is 1.58. The van der Waals surface area contributed by atoms with Crippen molar-refractivity contribution in [2.24, 2.45) is 7.05 Å². The number of carbonyl (C=O) groups excluding carboxylic acids is 1. The molecule has 0 saturated carbocycles. The summed E-state index contributed by atoms with van der Waals surface area (Å²) in [6.45, 7) is 1.59. The minimum Gasteiger partial charge on any atom is -0.454 e. The van der Waals surface area contributed by atoms with E-state index in [4.69, 9.17) is 20.9 Å². The minimum absolute atomic E-state index is 0.100. The van der Waals surface area contributed by atoms with E-state index in [2.05, 4.69) is 15.2 Å². The molecule has 3 heterocycles. The van der Waals surface area contributed by atoms with Crippen LogP contribution >= 0.6 is 22.9 Å². The summed E-state index contributed by atoms with van der Waals surface area (Å²) in [5.74, 6) is 0.104. The maximum Gasteiger partial charge on any atom is 0.343 e. The normalized spacial score (nSPS) is 10.9. The predicted molar refractivity (Wildman–Crippen MR) is 79.7 cm³/mol. The van der Waals surface area contributed by atoms with Crippen LogP contribution in [0.1, 0.15) is 21.9 Å². The van der Waals surface area contributed by atoms with Crippen LogP contribution in [0.5, 0.6) is 0 Å². The Morgan fingerprint density at radius 2 is 2.36 bits per heavy atom. The molecular weight excluding hydrogens is 328 g/mol. The zero-order valence-corrected chi connectivity index (χ0v) is 13.3. The zero-order valence-electron chi connectivity index (χ0n) is 11.7. The molecule has 0 fully saturated rings. The number of aromatic nitrogens is 4. The Labute approximate surface area is 134 Å². The molecule has 0 spiro atoms. The molecule has 0 unspecified atom stereocenters. The largest absolute Gasteiger partial charge is 0.454 e. The summed E-state index contributed by atoms with van der Waals surface area (Å²) in [6.07, 6.45) is 0. The van der Waals surface area contributed by atoms with Gasteiger partial charge in [0.05, 0.1) is 11.3 Å². The third kappa shape index (κ3) is 2.75. The number of rotatable bonds is 4. The first-order valence-electron chi connectivity index (χ1n) is 6.27. The predicted octanol–water partition coefficient (Wildman–Crippen LogP) is 2.85. The molecule has 0 atom stereocenters. The van der Waals surface area contributed by atoms with Crippen molar-refractivity contribution < 1.29 is 14.1 Å². The molecule has 3 rings (SSSR count). The van der Waals surface area contributed by atoms with Gasteiger partial charge in [0.2, 0.25) is 5.82 Å². The van der Waals surface area contributed by atoms with E-state index >= 15 is 0 Å². The summed E-state index contributed by atoms with van der Waals surface area (Å²) >= 11 is 7.54. The molecule has 0 saturated heterocycles. The van der Waals surface area contributed by atoms with Crippen molar-refractivity contribution >= 4 is 28.9 Å². The van der Waals surface area contributed by atoms with E-state index in [1.807, 2.05) is 16.8 Å². The first-order chi connectivity index (χ1) is 10.6. The molecule has 0 aliphatic carbocycles. The molecule has 0 amide bonds. The van der Waals surface area contributed by atoms with Gasteiger partial charge in [0.15, 0.2) is 6.61 Å². The van der Waals surface area contributed by atoms with Gasteiger partial charge in [0, 0.05) is 12.4 Å². The SMILES string of the molecule is Cc1nn(C)c(Cl)c1C(=O)OCc1noc(-c2ccsc2)n1. The van der Waals surface area contributed by atoms with Gasteiger partial charge in [-0.2, -0.15) is 21.4 Å². The van der Waals surface area contributed by atoms with E-state index in [-0.39, 0.29) is 23.1 Å². The number of aryl methyl sites for hydroxylation is 2. The van der Waals surface area contributed by atoms with Crippen LogP contribution in [0.3, 0.4) is 0 Å². The highest BCUT2D eigenvalue weighted by Gasteiger charge is 2.21. The van der Waals surface area contributed by atoms with Gasteiger partial charge in [-0.05, 0) is 18.4 Å². The van der Waals surface area contributed by atoms with Crippen LogP contribution in [-0.4, -0.2) is 25.9 Å². The lowest BCUT2D eigenvalue weighted by Gasteiger charge is -2.01. The molecule has 7 nitrogen and oxygen atoms in total. The van der Waals surface area contributed by atoms with Crippen LogP contribution in [0.4, 0.5) is 0 Å². The monoisotopic (exact) mass is 338 g/mol. The van der Waals surface area contributed by atoms with E-state index < -0.39 is 5.97 Å². The molecule has 0 aromatic carbocycles. The Bertz CT molecular complexity index is 809. The second kappa shape index (κ2) is 5.90. The molecule has 0 radical (unpaired) electrons. The van der Waals surface area contributed by atoms with Crippen molar-refractivity contribution in [2.75, 3.05) is 0 Å². The first kappa shape index (κ1) is 14.7. The summed E-state index contributed by atoms with van der Waals surface area (Å²) < 4.78 is 11.7. The lowest BCUT2D eigenvalue weighted by molar-refractivity contribution is 0.0459. The van der Waals surface area contributed by atoms with Crippen LogP contribution in [0.25, 0.3) is 11.5 Å². The molecule has 0 N–H and O–H groups in total. The summed E-state index contributed by atoms with van der Waals surface area (Å²) in [5, 5.41) is 11.9. The van der Waals surface area contributed by atoms with Crippen molar-refractivity contribution in [2.45, 2.75) is 13.5 Å². The Balaban J connectivity index is 1.69. The van der Waals surface area contributed by atoms with E-state index in [0.717, 1.165) is 5.56 Å². The molecule has 0 aliphatic heterocycles. The highest BCUT2D eigenvalue weighted by Crippen LogP contribution is 2.21. The number of halogens is 1. The summed E-state index contributed by atoms with van der Waals surface area (Å²) in [4.78, 5) is 16.2. The fourth-order valence-corrected chi connectivity index (χ4v) is 2.76. The van der Waals surface area contributed by atoms with Crippen LogP contribution < -0.4 is 0 Å². The number of hydrogen-bond donors (Lipinski definition) is 0. The van der Waals surface area contributed by atoms with E-state index in [0.29, 0.717) is 11.6 Å². The fourth-order valence-electron chi connectivity index (χ4n) is 1.88. The van der Waals surface area contributed by atoms with Crippen molar-refractivity contribution in [1.29, 1.82) is 0 Å². The minimum atomic E-state index is -0.572. The van der Waals surface area contributed by atoms with Gasteiger partial charge in [0.25, 0.3) is 5.89 Å². The number of carbonyl (C=O) groups is 1. The average molecular weight is 339 g/mol. The highest BCUT2D eigenvalue weighted by atomic mass is 35.5. The fraction of sp³-hybridized carbons (Fsp3) is 0.231. The third-order valence-corrected chi connectivity index (χ3v) is 4.04. The number of hydrogen-bond acceptors (Lipinski definition) is 7. The standard InChI is InChI=1S/C13H11ClN4O3S/c1-7-10(11(14)18(2)16-7)13(19)20-5-9-15-12(21-17-9)8-3-4-22-6-8/h3-4,6H,5H2,1-2H3. The quantitative estimate of drug-likeness (QED) is 0.680. The maximum atomic E-state index is 12.1. The molecule has 3 aromatic heterocycles. The molecule has 0 bridgehead atoms. The topological polar surface area (TPSA) is 83.0 Å². The maximum absolute atomic E-state index is 12.1. The number of ether oxygens (including phenoxy) is 1. The second-order valence-corrected chi connectivity index (χ2v) is 5.62. The third-order valence-electron chi connectivity index (χ3n) is 2.92. The molecular formula is C13H11ClN4O3S. The molecule has 114 valence electrons. The average Bonchev–Trinajstić information content (AvgIpc) is 3.19. The van der Waals surface area contributed by atoms with E-state index in [1.54, 1.807) is 14.0 Å². The Morgan fingerprint density at radius 1 is 1.55 bits per heavy atom. The lowest BCUT2D eigenvalue weighted by atomic mass is 10.3. The summed E-state index contributed by atoms with van der Waals surface area (Å²) in [7, 11) is 1.65. The number of nitrogens with zero attached hydrogens (tertiary/aromatic N) is 4. The Morgan fingerprint density at radius 3 is 3.00 bits per heavy atom. The van der Waals surface area contributed by atoms with Crippen molar-refractivity contribution in [3.05, 3.63) is 39.1 Å². The van der Waals surface area contributed by atoms with Gasteiger partial charge in [-0.15, -0.1) is 0 Å². The van der Waals surface area contributed by atoms with Crippen molar-refractivity contribution in [3.8, 4) is 11.5 Å². The Hall–Kier alpha value is -2.19. The van der Waals surface area contributed by atoms with Crippen LogP contribution in [0.2, 0.25) is 5.15 Å². The smallest absolute Gasteiger partial charge is 0.343 e. The van der Waals surface area contributed by atoms with Gasteiger partial charge in [-0.3, -0.25) is 4.68 Å².